The van der Waals surface area contributed by atoms with E-state index in [0.29, 0.717) is 0 Å². The molecule has 0 rings (SSSR count). The fourth-order valence-corrected chi connectivity index (χ4v) is 1.58. The zero-order valence-electron chi connectivity index (χ0n) is 10.7. The first-order chi connectivity index (χ1) is 7.06. The summed E-state index contributed by atoms with van der Waals surface area (Å²) in [6.07, 6.45) is 7.62. The van der Waals surface area contributed by atoms with E-state index in [1.165, 1.54) is 32.1 Å². The summed E-state index contributed by atoms with van der Waals surface area (Å²) in [7, 11) is -1.21. The van der Waals surface area contributed by atoms with Crippen molar-refractivity contribution in [1.29, 1.82) is 0 Å². The van der Waals surface area contributed by atoms with Crippen molar-refractivity contribution in [2.75, 3.05) is 0 Å². The van der Waals surface area contributed by atoms with Gasteiger partial charge < -0.3 is 0 Å². The average Bonchev–Trinajstić information content (AvgIpc) is 2.14. The molecule has 0 bridgehead atoms. The summed E-state index contributed by atoms with van der Waals surface area (Å²) in [6.45, 7) is 8.97. The van der Waals surface area contributed by atoms with Crippen molar-refractivity contribution in [3.8, 4) is 23.3 Å². The Balaban J connectivity index is 3.50. The van der Waals surface area contributed by atoms with E-state index in [1.807, 2.05) is 0 Å². The molecule has 0 amide bonds. The average molecular weight is 220 g/mol. The minimum absolute atomic E-state index is 1.02. The molecule has 0 aromatic heterocycles. The Labute approximate surface area is 96.9 Å². The lowest BCUT2D eigenvalue weighted by molar-refractivity contribution is 0.641. The van der Waals surface area contributed by atoms with E-state index >= 15 is 0 Å². The SMILES string of the molecule is CCCCCCCC#CC#C[Si](C)(C)C. The van der Waals surface area contributed by atoms with Crippen LogP contribution in [0.15, 0.2) is 0 Å². The molecule has 0 atom stereocenters. The zero-order chi connectivity index (χ0) is 11.6. The van der Waals surface area contributed by atoms with Gasteiger partial charge in [0, 0.05) is 6.42 Å². The van der Waals surface area contributed by atoms with Gasteiger partial charge in [0.25, 0.3) is 0 Å². The monoisotopic (exact) mass is 220 g/mol. The van der Waals surface area contributed by atoms with E-state index in [-0.39, 0.29) is 0 Å². The molecule has 0 saturated heterocycles. The molecule has 0 radical (unpaired) electrons. The summed E-state index contributed by atoms with van der Waals surface area (Å²) >= 11 is 0. The van der Waals surface area contributed by atoms with Crippen LogP contribution < -0.4 is 0 Å². The van der Waals surface area contributed by atoms with Crippen LogP contribution in [0.5, 0.6) is 0 Å². The van der Waals surface area contributed by atoms with Crippen LogP contribution in [0.3, 0.4) is 0 Å². The van der Waals surface area contributed by atoms with E-state index in [1.54, 1.807) is 0 Å². The van der Waals surface area contributed by atoms with E-state index in [2.05, 4.69) is 49.9 Å². The number of unbranched alkanes of at least 4 members (excludes halogenated alkanes) is 5. The Bertz CT molecular complexity index is 262. The van der Waals surface area contributed by atoms with Crippen LogP contribution in [0, 0.1) is 23.3 Å². The number of hydrogen-bond acceptors (Lipinski definition) is 0. The lowest BCUT2D eigenvalue weighted by atomic mass is 10.1. The van der Waals surface area contributed by atoms with Gasteiger partial charge in [-0.25, -0.2) is 0 Å². The van der Waals surface area contributed by atoms with Gasteiger partial charge in [-0.3, -0.25) is 0 Å². The second-order valence-corrected chi connectivity index (χ2v) is 9.72. The maximum absolute atomic E-state index is 3.25. The Morgan fingerprint density at radius 2 is 1.53 bits per heavy atom. The summed E-state index contributed by atoms with van der Waals surface area (Å²) < 4.78 is 0. The summed E-state index contributed by atoms with van der Waals surface area (Å²) in [5.74, 6) is 9.07. The predicted molar refractivity (Wildman–Crippen MR) is 72.3 cm³/mol. The summed E-state index contributed by atoms with van der Waals surface area (Å²) in [5, 5.41) is 0. The normalized spacial score (nSPS) is 9.87. The zero-order valence-corrected chi connectivity index (χ0v) is 11.7. The van der Waals surface area contributed by atoms with Crippen LogP contribution >= 0.6 is 0 Å². The quantitative estimate of drug-likeness (QED) is 0.369. The standard InChI is InChI=1S/C14H24Si/c1-5-6-7-8-9-10-11-12-13-14-15(2,3)4/h5-10H2,1-4H3. The van der Waals surface area contributed by atoms with E-state index in [0.717, 1.165) is 6.42 Å². The maximum Gasteiger partial charge on any atom is 0.130 e. The van der Waals surface area contributed by atoms with Crippen molar-refractivity contribution in [3.05, 3.63) is 0 Å². The van der Waals surface area contributed by atoms with Crippen molar-refractivity contribution < 1.29 is 0 Å². The van der Waals surface area contributed by atoms with Crippen molar-refractivity contribution in [3.63, 3.8) is 0 Å². The molecular weight excluding hydrogens is 196 g/mol. The van der Waals surface area contributed by atoms with Crippen LogP contribution in [-0.4, -0.2) is 8.07 Å². The third-order valence-electron chi connectivity index (χ3n) is 1.99. The third-order valence-corrected chi connectivity index (χ3v) is 2.87. The molecule has 0 heterocycles. The van der Waals surface area contributed by atoms with Gasteiger partial charge in [-0.15, -0.1) is 5.54 Å². The van der Waals surface area contributed by atoms with Gasteiger partial charge in [0.1, 0.15) is 8.07 Å². The van der Waals surface area contributed by atoms with Gasteiger partial charge in [-0.05, 0) is 18.3 Å². The molecule has 0 aromatic rings. The molecule has 0 unspecified atom stereocenters. The minimum Gasteiger partial charge on any atom is -0.118 e. The molecule has 15 heavy (non-hydrogen) atoms. The Hall–Kier alpha value is -0.663. The highest BCUT2D eigenvalue weighted by atomic mass is 28.3. The van der Waals surface area contributed by atoms with Crippen molar-refractivity contribution in [2.24, 2.45) is 0 Å². The fourth-order valence-electron chi connectivity index (χ4n) is 1.14. The molecule has 1 heteroatoms. The molecular formula is C14H24Si. The second-order valence-electron chi connectivity index (χ2n) is 4.97. The van der Waals surface area contributed by atoms with Crippen LogP contribution in [-0.2, 0) is 0 Å². The third kappa shape index (κ3) is 13.3. The highest BCUT2D eigenvalue weighted by Gasteiger charge is 2.06. The Kier molecular flexibility index (Phi) is 8.25. The number of hydrogen-bond donors (Lipinski definition) is 0. The Morgan fingerprint density at radius 3 is 2.13 bits per heavy atom. The molecule has 0 aliphatic rings. The van der Waals surface area contributed by atoms with Gasteiger partial charge in [0.2, 0.25) is 0 Å². The van der Waals surface area contributed by atoms with Crippen LogP contribution in [0.4, 0.5) is 0 Å². The summed E-state index contributed by atoms with van der Waals surface area (Å²) in [5.41, 5.74) is 3.25. The first-order valence-electron chi connectivity index (χ1n) is 6.06. The molecule has 0 aromatic carbocycles. The fraction of sp³-hybridized carbons (Fsp3) is 0.714. The predicted octanol–water partition coefficient (Wildman–Crippen LogP) is 4.23. The summed E-state index contributed by atoms with van der Waals surface area (Å²) in [6, 6.07) is 0. The smallest absolute Gasteiger partial charge is 0.118 e. The van der Waals surface area contributed by atoms with Gasteiger partial charge >= 0.3 is 0 Å². The van der Waals surface area contributed by atoms with Gasteiger partial charge in [-0.2, -0.15) is 0 Å². The Morgan fingerprint density at radius 1 is 0.867 bits per heavy atom. The first kappa shape index (κ1) is 14.3. The molecule has 0 fully saturated rings. The van der Waals surface area contributed by atoms with Gasteiger partial charge in [0.05, 0.1) is 0 Å². The van der Waals surface area contributed by atoms with Gasteiger partial charge in [0.15, 0.2) is 0 Å². The van der Waals surface area contributed by atoms with Crippen LogP contribution in [0.25, 0.3) is 0 Å². The topological polar surface area (TPSA) is 0 Å². The van der Waals surface area contributed by atoms with E-state index in [4.69, 9.17) is 0 Å². The van der Waals surface area contributed by atoms with Crippen LogP contribution in [0.2, 0.25) is 19.6 Å². The van der Waals surface area contributed by atoms with E-state index < -0.39 is 8.07 Å². The molecule has 0 saturated carbocycles. The maximum atomic E-state index is 3.25. The van der Waals surface area contributed by atoms with Gasteiger partial charge in [-0.1, -0.05) is 58.2 Å². The summed E-state index contributed by atoms with van der Waals surface area (Å²) in [4.78, 5) is 0. The molecule has 84 valence electrons. The van der Waals surface area contributed by atoms with Crippen molar-refractivity contribution in [1.82, 2.24) is 0 Å². The van der Waals surface area contributed by atoms with Crippen molar-refractivity contribution >= 4 is 8.07 Å². The second kappa shape index (κ2) is 8.63. The highest BCUT2D eigenvalue weighted by molar-refractivity contribution is 6.83. The highest BCUT2D eigenvalue weighted by Crippen LogP contribution is 2.03. The van der Waals surface area contributed by atoms with Crippen molar-refractivity contribution in [2.45, 2.75) is 65.1 Å². The lowest BCUT2D eigenvalue weighted by Crippen LogP contribution is -2.16. The lowest BCUT2D eigenvalue weighted by Gasteiger charge is -2.01. The van der Waals surface area contributed by atoms with Crippen LogP contribution in [0.1, 0.15) is 45.4 Å². The molecule has 0 N–H and O–H groups in total. The molecule has 0 spiro atoms. The largest absolute Gasteiger partial charge is 0.130 e. The molecule has 0 aliphatic carbocycles. The van der Waals surface area contributed by atoms with E-state index in [9.17, 15) is 0 Å². The number of rotatable bonds is 5. The molecule has 0 nitrogen and oxygen atoms in total. The molecule has 0 aliphatic heterocycles. The minimum atomic E-state index is -1.21. The first-order valence-corrected chi connectivity index (χ1v) is 9.56.